The molecular formula is C17H20ClN3O3S2. The highest BCUT2D eigenvalue weighted by Crippen LogP contribution is 2.42. The molecular weight excluding hydrogens is 394 g/mol. The highest BCUT2D eigenvalue weighted by atomic mass is 35.5. The second-order valence-electron chi connectivity index (χ2n) is 5.47. The largest absolute Gasteiger partial charge is 0.493 e. The first-order valence-electron chi connectivity index (χ1n) is 7.65. The van der Waals surface area contributed by atoms with Gasteiger partial charge in [-0.3, -0.25) is 10.2 Å². The lowest BCUT2D eigenvalue weighted by atomic mass is 10.1. The Balaban J connectivity index is 0.00000243. The number of ether oxygens (including phenoxy) is 2. The summed E-state index contributed by atoms with van der Waals surface area (Å²) in [6, 6.07) is 7.60. The molecule has 0 atom stereocenters. The van der Waals surface area contributed by atoms with Crippen molar-refractivity contribution in [3.05, 3.63) is 34.7 Å². The number of hydrogen-bond acceptors (Lipinski definition) is 6. The molecule has 1 aromatic carbocycles. The van der Waals surface area contributed by atoms with E-state index >= 15 is 0 Å². The third-order valence-corrected chi connectivity index (χ3v) is 6.35. The Bertz CT molecular complexity index is 826. The van der Waals surface area contributed by atoms with Crippen LogP contribution >= 0.6 is 35.5 Å². The number of halogens is 1. The molecule has 2 heterocycles. The summed E-state index contributed by atoms with van der Waals surface area (Å²) in [5.74, 6) is 1.88. The van der Waals surface area contributed by atoms with E-state index in [0.717, 1.165) is 15.5 Å². The molecule has 26 heavy (non-hydrogen) atoms. The summed E-state index contributed by atoms with van der Waals surface area (Å²) in [5, 5.41) is 7.60. The first kappa shape index (κ1) is 20.4. The van der Waals surface area contributed by atoms with Crippen molar-refractivity contribution in [2.75, 3.05) is 31.4 Å². The lowest BCUT2D eigenvalue weighted by Crippen LogP contribution is -2.36. The van der Waals surface area contributed by atoms with E-state index in [1.807, 2.05) is 24.3 Å². The Morgan fingerprint density at radius 3 is 2.65 bits per heavy atom. The molecule has 0 fully saturated rings. The predicted octanol–water partition coefficient (Wildman–Crippen LogP) is 3.15. The maximum absolute atomic E-state index is 12.4. The minimum atomic E-state index is 0. The number of amidine groups is 1. The number of anilines is 1. The maximum atomic E-state index is 12.4. The molecule has 3 rings (SSSR count). The van der Waals surface area contributed by atoms with E-state index in [4.69, 9.17) is 20.6 Å². The zero-order valence-electron chi connectivity index (χ0n) is 14.4. The van der Waals surface area contributed by atoms with Crippen molar-refractivity contribution in [1.29, 1.82) is 5.41 Å². The Labute approximate surface area is 166 Å². The molecule has 0 saturated carbocycles. The van der Waals surface area contributed by atoms with Crippen LogP contribution in [0.3, 0.4) is 0 Å². The number of hydrogen-bond donors (Lipinski definition) is 2. The highest BCUT2D eigenvalue weighted by molar-refractivity contribution is 8.02. The van der Waals surface area contributed by atoms with Crippen molar-refractivity contribution < 1.29 is 14.3 Å². The Morgan fingerprint density at radius 1 is 1.27 bits per heavy atom. The van der Waals surface area contributed by atoms with Gasteiger partial charge in [-0.2, -0.15) is 0 Å². The number of thioether (sulfide) groups is 1. The van der Waals surface area contributed by atoms with Crippen LogP contribution in [-0.2, 0) is 11.2 Å². The summed E-state index contributed by atoms with van der Waals surface area (Å²) in [6.45, 7) is 0.565. The van der Waals surface area contributed by atoms with Crippen LogP contribution in [0.1, 0.15) is 10.4 Å². The number of carbonyl (C=O) groups is 1. The third kappa shape index (κ3) is 4.08. The highest BCUT2D eigenvalue weighted by Gasteiger charge is 2.27. The Hall–Kier alpha value is -1.90. The molecule has 0 radical (unpaired) electrons. The summed E-state index contributed by atoms with van der Waals surface area (Å²) >= 11 is 2.97. The predicted molar refractivity (Wildman–Crippen MR) is 109 cm³/mol. The smallest absolute Gasteiger partial charge is 0.237 e. The first-order chi connectivity index (χ1) is 12.0. The fourth-order valence-corrected chi connectivity index (χ4v) is 4.81. The van der Waals surface area contributed by atoms with Crippen LogP contribution in [0, 0.1) is 5.41 Å². The molecule has 1 amide bonds. The summed E-state index contributed by atoms with van der Waals surface area (Å²) in [5.41, 5.74) is 7.51. The number of fused-ring (bicyclic) bond motifs is 1. The van der Waals surface area contributed by atoms with Gasteiger partial charge in [0.2, 0.25) is 5.91 Å². The summed E-state index contributed by atoms with van der Waals surface area (Å²) in [6.07, 6.45) is 0.696. The molecule has 3 N–H and O–H groups in total. The van der Waals surface area contributed by atoms with Crippen LogP contribution in [0.2, 0.25) is 0 Å². The standard InChI is InChI=1S/C17H19N3O3S2.ClH/c1-22-12-4-3-10(7-13(12)23-2)5-6-20-11-8-14(16(18)19)25-17(11)24-9-15(20)21;/h3-4,7-8H,5-6,9H2,1-2H3,(H3,18,19);1H. The number of benzene rings is 1. The molecule has 140 valence electrons. The molecule has 6 nitrogen and oxygen atoms in total. The van der Waals surface area contributed by atoms with E-state index in [0.29, 0.717) is 35.1 Å². The Kier molecular flexibility index (Phi) is 6.80. The molecule has 0 bridgehead atoms. The number of methoxy groups -OCH3 is 2. The average molecular weight is 414 g/mol. The van der Waals surface area contributed by atoms with Crippen molar-refractivity contribution in [2.24, 2.45) is 5.73 Å². The van der Waals surface area contributed by atoms with Crippen LogP contribution in [0.15, 0.2) is 28.5 Å². The number of nitrogens with one attached hydrogen (secondary N) is 1. The molecule has 0 aliphatic carbocycles. The lowest BCUT2D eigenvalue weighted by molar-refractivity contribution is -0.116. The number of nitrogens with two attached hydrogens (primary N) is 1. The topological polar surface area (TPSA) is 88.6 Å². The van der Waals surface area contributed by atoms with E-state index in [-0.39, 0.29) is 24.1 Å². The van der Waals surface area contributed by atoms with Gasteiger partial charge in [-0.15, -0.1) is 35.5 Å². The van der Waals surface area contributed by atoms with Crippen molar-refractivity contribution in [1.82, 2.24) is 0 Å². The molecule has 0 spiro atoms. The van der Waals surface area contributed by atoms with Gasteiger partial charge in [0.25, 0.3) is 0 Å². The van der Waals surface area contributed by atoms with E-state index in [1.54, 1.807) is 19.1 Å². The third-order valence-electron chi connectivity index (χ3n) is 3.94. The molecule has 1 aromatic heterocycles. The zero-order chi connectivity index (χ0) is 18.0. The average Bonchev–Trinajstić information content (AvgIpc) is 3.05. The normalized spacial score (nSPS) is 13.0. The molecule has 0 unspecified atom stereocenters. The van der Waals surface area contributed by atoms with E-state index < -0.39 is 0 Å². The number of carbonyl (C=O) groups excluding carboxylic acids is 1. The van der Waals surface area contributed by atoms with E-state index in [9.17, 15) is 4.79 Å². The maximum Gasteiger partial charge on any atom is 0.237 e. The van der Waals surface area contributed by atoms with Crippen molar-refractivity contribution in [3.63, 3.8) is 0 Å². The molecule has 0 saturated heterocycles. The van der Waals surface area contributed by atoms with Gasteiger partial charge < -0.3 is 20.1 Å². The number of rotatable bonds is 6. The molecule has 9 heteroatoms. The monoisotopic (exact) mass is 413 g/mol. The second kappa shape index (κ2) is 8.66. The van der Waals surface area contributed by atoms with Gasteiger partial charge in [0, 0.05) is 6.54 Å². The van der Waals surface area contributed by atoms with Gasteiger partial charge in [-0.1, -0.05) is 6.07 Å². The van der Waals surface area contributed by atoms with Crippen molar-refractivity contribution in [2.45, 2.75) is 10.6 Å². The molecule has 1 aliphatic rings. The minimum absolute atomic E-state index is 0. The van der Waals surface area contributed by atoms with E-state index in [2.05, 4.69) is 0 Å². The van der Waals surface area contributed by atoms with Crippen LogP contribution in [-0.4, -0.2) is 38.3 Å². The quantitative estimate of drug-likeness (QED) is 0.561. The zero-order valence-corrected chi connectivity index (χ0v) is 16.9. The number of amides is 1. The molecule has 1 aliphatic heterocycles. The van der Waals surface area contributed by atoms with Crippen LogP contribution in [0.5, 0.6) is 11.5 Å². The van der Waals surface area contributed by atoms with Crippen molar-refractivity contribution >= 4 is 52.9 Å². The second-order valence-corrected chi connectivity index (χ2v) is 7.77. The lowest BCUT2D eigenvalue weighted by Gasteiger charge is -2.26. The summed E-state index contributed by atoms with van der Waals surface area (Å²) in [4.78, 5) is 14.8. The van der Waals surface area contributed by atoms with Gasteiger partial charge in [0.15, 0.2) is 11.5 Å². The summed E-state index contributed by atoms with van der Waals surface area (Å²) in [7, 11) is 3.21. The number of nitrogens with zero attached hydrogens (tertiary/aromatic N) is 1. The van der Waals surface area contributed by atoms with Crippen LogP contribution in [0.25, 0.3) is 0 Å². The van der Waals surface area contributed by atoms with E-state index in [1.165, 1.54) is 23.1 Å². The summed E-state index contributed by atoms with van der Waals surface area (Å²) < 4.78 is 11.6. The fraction of sp³-hybridized carbons (Fsp3) is 0.294. The molecule has 2 aromatic rings. The number of nitrogen functional groups attached to an aromatic ring is 1. The Morgan fingerprint density at radius 2 is 2.00 bits per heavy atom. The first-order valence-corrected chi connectivity index (χ1v) is 9.46. The van der Waals surface area contributed by atoms with Crippen molar-refractivity contribution in [3.8, 4) is 11.5 Å². The number of thiophene rings is 1. The van der Waals surface area contributed by atoms with Gasteiger partial charge in [-0.25, -0.2) is 0 Å². The van der Waals surface area contributed by atoms with Gasteiger partial charge in [0.05, 0.1) is 34.7 Å². The minimum Gasteiger partial charge on any atom is -0.493 e. The van der Waals surface area contributed by atoms with Crippen LogP contribution in [0.4, 0.5) is 5.69 Å². The van der Waals surface area contributed by atoms with Crippen LogP contribution < -0.4 is 20.1 Å². The van der Waals surface area contributed by atoms with Gasteiger partial charge in [0.1, 0.15) is 5.84 Å². The van der Waals surface area contributed by atoms with Gasteiger partial charge in [-0.05, 0) is 30.2 Å². The van der Waals surface area contributed by atoms with Gasteiger partial charge >= 0.3 is 0 Å². The fourth-order valence-electron chi connectivity index (χ4n) is 2.65. The SMILES string of the molecule is COc1ccc(CCN2C(=O)CSc3sc(C(=N)N)cc32)cc1OC.Cl.